The van der Waals surface area contributed by atoms with Crippen LogP contribution in [-0.2, 0) is 24.1 Å². The molecule has 0 saturated carbocycles. The number of nitrogens with two attached hydrogens (primary N) is 1. The molecule has 2 heterocycles. The molecule has 0 bridgehead atoms. The lowest BCUT2D eigenvalue weighted by molar-refractivity contribution is 0.598. The van der Waals surface area contributed by atoms with E-state index in [2.05, 4.69) is 20.6 Å². The second-order valence-corrected chi connectivity index (χ2v) is 8.71. The molecule has 0 atom stereocenters. The predicted molar refractivity (Wildman–Crippen MR) is 119 cm³/mol. The van der Waals surface area contributed by atoms with E-state index >= 15 is 0 Å². The maximum atomic E-state index is 12.1. The zero-order valence-corrected chi connectivity index (χ0v) is 17.9. The van der Waals surface area contributed by atoms with Crippen LogP contribution in [0.1, 0.15) is 5.56 Å². The Kier molecular flexibility index (Phi) is 4.99. The SMILES string of the molecule is Cc1cnc(Nc2cccc(S(N)(=O)=O)c2)nc1Nc1ccc2c(c1)n(C)c(=O)n2C. The van der Waals surface area contributed by atoms with E-state index in [1.165, 1.54) is 12.1 Å². The van der Waals surface area contributed by atoms with Crippen LogP contribution < -0.4 is 21.5 Å². The lowest BCUT2D eigenvalue weighted by Crippen LogP contribution is -2.19. The van der Waals surface area contributed by atoms with Gasteiger partial charge in [0.25, 0.3) is 0 Å². The number of aromatic nitrogens is 4. The van der Waals surface area contributed by atoms with Gasteiger partial charge in [0.2, 0.25) is 16.0 Å². The smallest absolute Gasteiger partial charge is 0.328 e. The van der Waals surface area contributed by atoms with Crippen LogP contribution in [0.5, 0.6) is 0 Å². The van der Waals surface area contributed by atoms with Gasteiger partial charge < -0.3 is 10.6 Å². The lowest BCUT2D eigenvalue weighted by Gasteiger charge is -2.12. The minimum atomic E-state index is -3.82. The average Bonchev–Trinajstić information content (AvgIpc) is 2.94. The molecule has 0 unspecified atom stereocenters. The number of anilines is 4. The molecular weight excluding hydrogens is 418 g/mol. The Balaban J connectivity index is 1.64. The monoisotopic (exact) mass is 439 g/mol. The summed E-state index contributed by atoms with van der Waals surface area (Å²) in [4.78, 5) is 20.9. The number of nitrogens with zero attached hydrogens (tertiary/aromatic N) is 4. The first kappa shape index (κ1) is 20.6. The summed E-state index contributed by atoms with van der Waals surface area (Å²) >= 11 is 0. The molecule has 0 radical (unpaired) electrons. The minimum absolute atomic E-state index is 0.00950. The number of aryl methyl sites for hydroxylation is 3. The number of rotatable bonds is 5. The Morgan fingerprint density at radius 2 is 1.68 bits per heavy atom. The lowest BCUT2D eigenvalue weighted by atomic mass is 10.2. The highest BCUT2D eigenvalue weighted by Crippen LogP contribution is 2.24. The fourth-order valence-corrected chi connectivity index (χ4v) is 3.79. The minimum Gasteiger partial charge on any atom is -0.340 e. The largest absolute Gasteiger partial charge is 0.340 e. The fourth-order valence-electron chi connectivity index (χ4n) is 3.23. The third kappa shape index (κ3) is 4.00. The van der Waals surface area contributed by atoms with Gasteiger partial charge in [-0.3, -0.25) is 9.13 Å². The van der Waals surface area contributed by atoms with Crippen molar-refractivity contribution < 1.29 is 8.42 Å². The molecule has 0 fully saturated rings. The molecule has 0 amide bonds. The van der Waals surface area contributed by atoms with Crippen LogP contribution >= 0.6 is 0 Å². The number of hydrogen-bond donors (Lipinski definition) is 3. The predicted octanol–water partition coefficient (Wildman–Crippen LogP) is 2.11. The van der Waals surface area contributed by atoms with E-state index in [4.69, 9.17) is 5.14 Å². The van der Waals surface area contributed by atoms with E-state index in [-0.39, 0.29) is 16.5 Å². The van der Waals surface area contributed by atoms with Gasteiger partial charge in [-0.15, -0.1) is 0 Å². The van der Waals surface area contributed by atoms with Gasteiger partial charge in [0, 0.05) is 37.2 Å². The molecule has 2 aromatic carbocycles. The molecule has 4 rings (SSSR count). The second-order valence-electron chi connectivity index (χ2n) is 7.15. The number of fused-ring (bicyclic) bond motifs is 1. The first-order valence-corrected chi connectivity index (χ1v) is 10.8. The molecule has 0 spiro atoms. The summed E-state index contributed by atoms with van der Waals surface area (Å²) in [7, 11) is -0.360. The van der Waals surface area contributed by atoms with Crippen LogP contribution in [0.2, 0.25) is 0 Å². The molecule has 0 saturated heterocycles. The highest BCUT2D eigenvalue weighted by Gasteiger charge is 2.11. The molecule has 0 aliphatic rings. The van der Waals surface area contributed by atoms with Crippen LogP contribution in [0.3, 0.4) is 0 Å². The number of sulfonamides is 1. The van der Waals surface area contributed by atoms with Crippen molar-refractivity contribution in [2.24, 2.45) is 19.2 Å². The summed E-state index contributed by atoms with van der Waals surface area (Å²) in [6.45, 7) is 1.87. The second kappa shape index (κ2) is 7.52. The Morgan fingerprint density at radius 3 is 2.42 bits per heavy atom. The third-order valence-corrected chi connectivity index (χ3v) is 5.84. The molecule has 4 N–H and O–H groups in total. The van der Waals surface area contributed by atoms with E-state index < -0.39 is 10.0 Å². The molecule has 31 heavy (non-hydrogen) atoms. The van der Waals surface area contributed by atoms with E-state index in [9.17, 15) is 13.2 Å². The highest BCUT2D eigenvalue weighted by molar-refractivity contribution is 7.89. The van der Waals surface area contributed by atoms with Crippen molar-refractivity contribution in [3.05, 3.63) is 64.7 Å². The van der Waals surface area contributed by atoms with Gasteiger partial charge >= 0.3 is 5.69 Å². The third-order valence-electron chi connectivity index (χ3n) is 4.93. The van der Waals surface area contributed by atoms with Crippen molar-refractivity contribution in [1.29, 1.82) is 0 Å². The van der Waals surface area contributed by atoms with Crippen LogP contribution in [0.25, 0.3) is 11.0 Å². The van der Waals surface area contributed by atoms with Crippen molar-refractivity contribution in [3.63, 3.8) is 0 Å². The van der Waals surface area contributed by atoms with E-state index in [1.54, 1.807) is 41.6 Å². The van der Waals surface area contributed by atoms with Crippen LogP contribution in [-0.4, -0.2) is 27.5 Å². The summed E-state index contributed by atoms with van der Waals surface area (Å²) in [5, 5.41) is 11.4. The zero-order valence-electron chi connectivity index (χ0n) is 17.1. The first-order valence-electron chi connectivity index (χ1n) is 9.29. The summed E-state index contributed by atoms with van der Waals surface area (Å²) in [6.07, 6.45) is 1.65. The Bertz CT molecular complexity index is 1470. The average molecular weight is 440 g/mol. The number of hydrogen-bond acceptors (Lipinski definition) is 7. The van der Waals surface area contributed by atoms with E-state index in [0.717, 1.165) is 22.3 Å². The molecule has 2 aromatic heterocycles. The Labute approximate surface area is 178 Å². The van der Waals surface area contributed by atoms with Gasteiger partial charge in [0.15, 0.2) is 0 Å². The number of benzene rings is 2. The van der Waals surface area contributed by atoms with Gasteiger partial charge in [-0.25, -0.2) is 23.3 Å². The number of nitrogens with one attached hydrogen (secondary N) is 2. The normalized spacial score (nSPS) is 11.6. The fraction of sp³-hybridized carbons (Fsp3) is 0.150. The maximum Gasteiger partial charge on any atom is 0.328 e. The van der Waals surface area contributed by atoms with Crippen molar-refractivity contribution in [1.82, 2.24) is 19.1 Å². The molecule has 0 aliphatic carbocycles. The van der Waals surface area contributed by atoms with E-state index in [1.807, 2.05) is 25.1 Å². The van der Waals surface area contributed by atoms with Gasteiger partial charge in [0.1, 0.15) is 5.82 Å². The van der Waals surface area contributed by atoms with Crippen molar-refractivity contribution >= 4 is 44.2 Å². The molecule has 10 nitrogen and oxygen atoms in total. The maximum absolute atomic E-state index is 12.1. The van der Waals surface area contributed by atoms with Gasteiger partial charge in [0.05, 0.1) is 15.9 Å². The number of primary sulfonamides is 1. The van der Waals surface area contributed by atoms with E-state index in [0.29, 0.717) is 11.5 Å². The summed E-state index contributed by atoms with van der Waals surface area (Å²) < 4.78 is 26.3. The molecule has 4 aromatic rings. The zero-order chi connectivity index (χ0) is 22.3. The molecule has 0 aliphatic heterocycles. The first-order chi connectivity index (χ1) is 14.6. The van der Waals surface area contributed by atoms with Gasteiger partial charge in [-0.2, -0.15) is 4.98 Å². The van der Waals surface area contributed by atoms with Crippen LogP contribution in [0.15, 0.2) is 58.4 Å². The quantitative estimate of drug-likeness (QED) is 0.433. The summed E-state index contributed by atoms with van der Waals surface area (Å²) in [5.41, 5.74) is 3.58. The van der Waals surface area contributed by atoms with Crippen molar-refractivity contribution in [2.75, 3.05) is 10.6 Å². The van der Waals surface area contributed by atoms with Gasteiger partial charge in [-0.05, 0) is 43.3 Å². The molecule has 160 valence electrons. The Morgan fingerprint density at radius 1 is 0.968 bits per heavy atom. The molecule has 11 heteroatoms. The Hall–Kier alpha value is -3.70. The summed E-state index contributed by atoms with van der Waals surface area (Å²) in [6, 6.07) is 11.7. The topological polar surface area (TPSA) is 137 Å². The number of imidazole rings is 1. The highest BCUT2D eigenvalue weighted by atomic mass is 32.2. The van der Waals surface area contributed by atoms with Crippen molar-refractivity contribution in [3.8, 4) is 0 Å². The standard InChI is InChI=1S/C20H21N7O3S/c1-12-11-22-19(24-13-5-4-6-15(9-13)31(21,29)30)25-18(12)23-14-7-8-16-17(10-14)27(3)20(28)26(16)2/h4-11H,1-3H3,(H2,21,29,30)(H2,22,23,24,25). The molecular formula is C20H21N7O3S. The van der Waals surface area contributed by atoms with Crippen LogP contribution in [0.4, 0.5) is 23.1 Å². The van der Waals surface area contributed by atoms with Gasteiger partial charge in [-0.1, -0.05) is 6.07 Å². The van der Waals surface area contributed by atoms with Crippen molar-refractivity contribution in [2.45, 2.75) is 11.8 Å². The van der Waals surface area contributed by atoms with Crippen LogP contribution in [0, 0.1) is 6.92 Å². The summed E-state index contributed by atoms with van der Waals surface area (Å²) in [5.74, 6) is 0.855.